The Bertz CT molecular complexity index is 1960. The van der Waals surface area contributed by atoms with Gasteiger partial charge in [-0.1, -0.05) is 97.1 Å². The predicted molar refractivity (Wildman–Crippen MR) is 199 cm³/mol. The van der Waals surface area contributed by atoms with E-state index in [1.807, 2.05) is 0 Å². The van der Waals surface area contributed by atoms with Gasteiger partial charge in [-0.3, -0.25) is 0 Å². The first-order chi connectivity index (χ1) is 22.7. The van der Waals surface area contributed by atoms with E-state index in [4.69, 9.17) is 9.97 Å². The van der Waals surface area contributed by atoms with Crippen LogP contribution in [-0.2, 0) is 11.6 Å². The molecule has 4 saturated carbocycles. The van der Waals surface area contributed by atoms with Crippen molar-refractivity contribution in [3.8, 4) is 11.1 Å². The summed E-state index contributed by atoms with van der Waals surface area (Å²) in [5, 5.41) is 2.38. The van der Waals surface area contributed by atoms with Gasteiger partial charge in [0.1, 0.15) is 0 Å². The van der Waals surface area contributed by atoms with Crippen LogP contribution in [0, 0.1) is 23.7 Å². The summed E-state index contributed by atoms with van der Waals surface area (Å²) < 4.78 is 0. The number of benzene rings is 4. The molecule has 4 aromatic carbocycles. The zero-order chi connectivity index (χ0) is 30.7. The second kappa shape index (κ2) is 11.7. The Morgan fingerprint density at radius 2 is 1.24 bits per heavy atom. The van der Waals surface area contributed by atoms with E-state index in [0.717, 1.165) is 40.9 Å². The summed E-state index contributed by atoms with van der Waals surface area (Å²) in [6.45, 7) is 0. The molecule has 6 aromatic rings. The fourth-order valence-electron chi connectivity index (χ4n) is 9.86. The van der Waals surface area contributed by atoms with Gasteiger partial charge in [-0.05, 0) is 114 Å². The van der Waals surface area contributed by atoms with Gasteiger partial charge in [0.2, 0.25) is 0 Å². The first-order valence-electron chi connectivity index (χ1n) is 17.0. The van der Waals surface area contributed by atoms with Gasteiger partial charge in [-0.2, -0.15) is 0 Å². The minimum Gasteiger partial charge on any atom is -0.248 e. The van der Waals surface area contributed by atoms with Crippen LogP contribution >= 0.6 is 17.2 Å². The highest BCUT2D eigenvalue weighted by Crippen LogP contribution is 2.64. The van der Waals surface area contributed by atoms with E-state index < -0.39 is 7.92 Å². The van der Waals surface area contributed by atoms with E-state index in [1.165, 1.54) is 76.6 Å². The first kappa shape index (κ1) is 28.8. The summed E-state index contributed by atoms with van der Waals surface area (Å²) in [7, 11) is 2.32. The van der Waals surface area contributed by atoms with Crippen molar-refractivity contribution in [3.05, 3.63) is 132 Å². The molecule has 0 aliphatic heterocycles. The summed E-state index contributed by atoms with van der Waals surface area (Å²) in [4.78, 5) is 10.7. The van der Waals surface area contributed by atoms with Crippen LogP contribution in [0.25, 0.3) is 32.9 Å². The van der Waals surface area contributed by atoms with E-state index >= 15 is 0 Å². The van der Waals surface area contributed by atoms with Crippen molar-refractivity contribution in [1.82, 2.24) is 9.97 Å². The van der Waals surface area contributed by atoms with Crippen LogP contribution in [0.5, 0.6) is 0 Å². The largest absolute Gasteiger partial charge is 0.248 e. The van der Waals surface area contributed by atoms with Crippen LogP contribution in [0.4, 0.5) is 0 Å². The van der Waals surface area contributed by atoms with Crippen LogP contribution in [0.15, 0.2) is 121 Å². The molecule has 0 radical (unpaired) electrons. The summed E-state index contributed by atoms with van der Waals surface area (Å²) in [5.41, 5.74) is 10.5. The molecule has 10 rings (SSSR count). The minimum absolute atomic E-state index is 0.273. The maximum absolute atomic E-state index is 5.35. The summed E-state index contributed by atoms with van der Waals surface area (Å²) in [5.74, 6) is 3.39. The third-order valence-electron chi connectivity index (χ3n) is 11.6. The standard InChI is InChI=1S/C42H40N2P2/c45-26-37-34-21-28-20-29(22-34)25-42(37,24-28)36-17-14-33(30-8-2-1-3-9-30)23-35(36)27-46(40-18-15-31-10-4-6-12-38(31)43-40)41-19-16-32-11-5-7-13-39(32)44-41/h1-19,23,28-29,34,37H,20-22,24-27,45H2. The van der Waals surface area contributed by atoms with Crippen LogP contribution < -0.4 is 10.9 Å². The highest BCUT2D eigenvalue weighted by molar-refractivity contribution is 7.71. The van der Waals surface area contributed by atoms with E-state index in [9.17, 15) is 0 Å². The molecule has 0 spiro atoms. The Morgan fingerprint density at radius 3 is 1.87 bits per heavy atom. The smallest absolute Gasteiger partial charge is 0.0709 e. The first-order valence-corrected chi connectivity index (χ1v) is 19.4. The normalized spacial score (nSPS) is 25.1. The van der Waals surface area contributed by atoms with Crippen molar-refractivity contribution in [2.45, 2.75) is 43.7 Å². The number of hydrogen-bond acceptors (Lipinski definition) is 2. The molecule has 4 aliphatic carbocycles. The van der Waals surface area contributed by atoms with Crippen molar-refractivity contribution < 1.29 is 0 Å². The van der Waals surface area contributed by atoms with Crippen molar-refractivity contribution in [2.24, 2.45) is 23.7 Å². The lowest BCUT2D eigenvalue weighted by Crippen LogP contribution is -2.56. The maximum Gasteiger partial charge on any atom is 0.0709 e. The second-order valence-corrected chi connectivity index (χ2v) is 16.7. The van der Waals surface area contributed by atoms with Crippen LogP contribution in [0.1, 0.15) is 43.2 Å². The lowest BCUT2D eigenvalue weighted by Gasteiger charge is -2.62. The molecule has 2 aromatic heterocycles. The summed E-state index contributed by atoms with van der Waals surface area (Å²) in [6, 6.07) is 44.6. The number of rotatable bonds is 7. The molecule has 4 unspecified atom stereocenters. The monoisotopic (exact) mass is 634 g/mol. The molecule has 2 heterocycles. The lowest BCUT2D eigenvalue weighted by molar-refractivity contribution is -0.0520. The Morgan fingerprint density at radius 1 is 0.630 bits per heavy atom. The molecule has 4 fully saturated rings. The Kier molecular flexibility index (Phi) is 7.29. The summed E-state index contributed by atoms with van der Waals surface area (Å²) in [6.07, 6.45) is 9.22. The van der Waals surface area contributed by atoms with E-state index in [0.29, 0.717) is 0 Å². The molecular weight excluding hydrogens is 594 g/mol. The number of para-hydroxylation sites is 2. The van der Waals surface area contributed by atoms with Gasteiger partial charge in [-0.15, -0.1) is 9.24 Å². The van der Waals surface area contributed by atoms with Gasteiger partial charge in [-0.25, -0.2) is 9.97 Å². The maximum atomic E-state index is 5.35. The Balaban J connectivity index is 1.23. The zero-order valence-corrected chi connectivity index (χ0v) is 28.3. The third kappa shape index (κ3) is 4.92. The highest BCUT2D eigenvalue weighted by atomic mass is 31.1. The van der Waals surface area contributed by atoms with Crippen LogP contribution in [0.2, 0.25) is 0 Å². The average molecular weight is 635 g/mol. The van der Waals surface area contributed by atoms with E-state index in [-0.39, 0.29) is 5.41 Å². The third-order valence-corrected chi connectivity index (χ3v) is 14.3. The molecule has 4 heteroatoms. The number of aromatic nitrogens is 2. The minimum atomic E-state index is -0.858. The Labute approximate surface area is 276 Å². The number of nitrogens with zero attached hydrogens (tertiary/aromatic N) is 2. The van der Waals surface area contributed by atoms with Gasteiger partial charge >= 0.3 is 0 Å². The highest BCUT2D eigenvalue weighted by Gasteiger charge is 2.57. The van der Waals surface area contributed by atoms with E-state index in [2.05, 4.69) is 131 Å². The van der Waals surface area contributed by atoms with Crippen molar-refractivity contribution >= 4 is 49.8 Å². The van der Waals surface area contributed by atoms with Crippen molar-refractivity contribution in [2.75, 3.05) is 6.16 Å². The zero-order valence-electron chi connectivity index (χ0n) is 26.2. The van der Waals surface area contributed by atoms with Crippen LogP contribution in [-0.4, -0.2) is 16.1 Å². The molecule has 0 amide bonds. The van der Waals surface area contributed by atoms with Gasteiger partial charge < -0.3 is 0 Å². The predicted octanol–water partition coefficient (Wildman–Crippen LogP) is 9.65. The topological polar surface area (TPSA) is 25.8 Å². The molecule has 0 saturated heterocycles. The van der Waals surface area contributed by atoms with Crippen LogP contribution in [0.3, 0.4) is 0 Å². The number of pyridine rings is 2. The molecular formula is C42H40N2P2. The van der Waals surface area contributed by atoms with Crippen molar-refractivity contribution in [3.63, 3.8) is 0 Å². The average Bonchev–Trinajstić information content (AvgIpc) is 3.10. The number of hydrogen-bond donors (Lipinski definition) is 0. The Hall–Kier alpha value is -3.44. The number of fused-ring (bicyclic) bond motifs is 2. The fraction of sp³-hybridized carbons (Fsp3) is 0.286. The van der Waals surface area contributed by atoms with Gasteiger partial charge in [0, 0.05) is 24.9 Å². The quantitative estimate of drug-likeness (QED) is 0.164. The second-order valence-electron chi connectivity index (χ2n) is 14.2. The van der Waals surface area contributed by atoms with E-state index in [1.54, 1.807) is 5.56 Å². The van der Waals surface area contributed by atoms with Crippen molar-refractivity contribution in [1.29, 1.82) is 0 Å². The van der Waals surface area contributed by atoms with Gasteiger partial charge in [0.05, 0.1) is 21.9 Å². The fourth-order valence-corrected chi connectivity index (χ4v) is 12.8. The molecule has 4 aliphatic rings. The molecule has 2 nitrogen and oxygen atoms in total. The lowest BCUT2D eigenvalue weighted by atomic mass is 9.43. The molecule has 4 atom stereocenters. The molecule has 0 N–H and O–H groups in total. The van der Waals surface area contributed by atoms with Gasteiger partial charge in [0.15, 0.2) is 0 Å². The molecule has 228 valence electrons. The summed E-state index contributed by atoms with van der Waals surface area (Å²) >= 11 is 0. The molecule has 4 bridgehead atoms. The van der Waals surface area contributed by atoms with Gasteiger partial charge in [0.25, 0.3) is 0 Å². The molecule has 46 heavy (non-hydrogen) atoms. The SMILES string of the molecule is PCC1C2CC3CC(C2)CC1(c1ccc(-c2ccccc2)cc1CP(c1ccc2ccccc2n1)c1ccc2ccccc2n1)C3.